The number of hydrogen-bond acceptors (Lipinski definition) is 3. The fraction of sp³-hybridized carbons (Fsp3) is 0.476. The van der Waals surface area contributed by atoms with Crippen LogP contribution in [0.5, 0.6) is 0 Å². The summed E-state index contributed by atoms with van der Waals surface area (Å²) in [5.74, 6) is 2.11. The molecule has 136 valence electrons. The maximum atomic E-state index is 11.8. The molecule has 0 saturated heterocycles. The van der Waals surface area contributed by atoms with Gasteiger partial charge in [0, 0.05) is 18.9 Å². The van der Waals surface area contributed by atoms with Crippen LogP contribution in [0.4, 0.5) is 4.79 Å². The van der Waals surface area contributed by atoms with Gasteiger partial charge in [0.2, 0.25) is 0 Å². The molecular formula is C21H29NO3. The fourth-order valence-electron chi connectivity index (χ4n) is 2.66. The Morgan fingerprint density at radius 1 is 1.08 bits per heavy atom. The van der Waals surface area contributed by atoms with E-state index in [0.717, 1.165) is 42.8 Å². The highest BCUT2D eigenvalue weighted by atomic mass is 16.5. The Hall–Kier alpha value is -2.23. The number of hydrogen-bond donors (Lipinski definition) is 1. The summed E-state index contributed by atoms with van der Waals surface area (Å²) in [7, 11) is 0. The van der Waals surface area contributed by atoms with Crippen molar-refractivity contribution >= 4 is 6.09 Å². The molecule has 1 atom stereocenters. The van der Waals surface area contributed by atoms with Crippen molar-refractivity contribution in [3.05, 3.63) is 59.5 Å². The second-order valence-electron chi connectivity index (χ2n) is 6.47. The number of unbranched alkanes of at least 4 members (excludes halogenated alkanes) is 1. The first-order chi connectivity index (χ1) is 12.2. The Bertz CT molecular complexity index is 621. The molecule has 0 saturated carbocycles. The molecule has 0 spiro atoms. The standard InChI is InChI=1S/C21H29NO3/c1-3-4-12-19-14-15-20(25-19)13-8-9-17(2)22-21(23)24-16-18-10-6-5-7-11-18/h5-7,10-11,14-15,17H,3-4,8-9,12-13,16H2,1-2H3,(H,22,23)/t17-/m1/s1. The molecule has 1 amide bonds. The van der Waals surface area contributed by atoms with Gasteiger partial charge in [0.15, 0.2) is 0 Å². The van der Waals surface area contributed by atoms with Gasteiger partial charge in [0.1, 0.15) is 18.1 Å². The average molecular weight is 343 g/mol. The molecule has 1 N–H and O–H groups in total. The van der Waals surface area contributed by atoms with E-state index >= 15 is 0 Å². The van der Waals surface area contributed by atoms with E-state index in [2.05, 4.69) is 24.4 Å². The molecule has 0 bridgehead atoms. The van der Waals surface area contributed by atoms with Crippen molar-refractivity contribution in [3.63, 3.8) is 0 Å². The summed E-state index contributed by atoms with van der Waals surface area (Å²) in [6, 6.07) is 13.9. The quantitative estimate of drug-likeness (QED) is 0.640. The van der Waals surface area contributed by atoms with E-state index in [1.54, 1.807) is 0 Å². The van der Waals surface area contributed by atoms with Crippen molar-refractivity contribution < 1.29 is 13.9 Å². The van der Waals surface area contributed by atoms with E-state index < -0.39 is 0 Å². The third kappa shape index (κ3) is 7.46. The second-order valence-corrected chi connectivity index (χ2v) is 6.47. The van der Waals surface area contributed by atoms with Crippen molar-refractivity contribution in [1.82, 2.24) is 5.32 Å². The highest BCUT2D eigenvalue weighted by molar-refractivity contribution is 5.67. The van der Waals surface area contributed by atoms with Crippen LogP contribution in [0.15, 0.2) is 46.9 Å². The lowest BCUT2D eigenvalue weighted by molar-refractivity contribution is 0.136. The Kier molecular flexibility index (Phi) is 8.10. The molecule has 2 aromatic rings. The Labute approximate surface area is 150 Å². The van der Waals surface area contributed by atoms with Crippen molar-refractivity contribution in [2.75, 3.05) is 0 Å². The van der Waals surface area contributed by atoms with Gasteiger partial charge in [-0.3, -0.25) is 0 Å². The number of nitrogens with one attached hydrogen (secondary N) is 1. The van der Waals surface area contributed by atoms with E-state index in [0.29, 0.717) is 6.61 Å². The lowest BCUT2D eigenvalue weighted by Gasteiger charge is -2.13. The SMILES string of the molecule is CCCCc1ccc(CCC[C@@H](C)NC(=O)OCc2ccccc2)o1. The van der Waals surface area contributed by atoms with Crippen LogP contribution in [0.2, 0.25) is 0 Å². The van der Waals surface area contributed by atoms with Gasteiger partial charge in [-0.1, -0.05) is 43.7 Å². The zero-order valence-corrected chi connectivity index (χ0v) is 15.3. The molecule has 4 nitrogen and oxygen atoms in total. The molecule has 2 rings (SSSR count). The number of amides is 1. The van der Waals surface area contributed by atoms with Crippen LogP contribution in [-0.4, -0.2) is 12.1 Å². The number of aryl methyl sites for hydroxylation is 2. The molecule has 0 aliphatic carbocycles. The number of carbonyl (C=O) groups is 1. The van der Waals surface area contributed by atoms with Gasteiger partial charge in [0.25, 0.3) is 0 Å². The molecule has 25 heavy (non-hydrogen) atoms. The summed E-state index contributed by atoms with van der Waals surface area (Å²) in [5.41, 5.74) is 0.988. The van der Waals surface area contributed by atoms with Crippen molar-refractivity contribution in [1.29, 1.82) is 0 Å². The minimum atomic E-state index is -0.365. The lowest BCUT2D eigenvalue weighted by Crippen LogP contribution is -2.33. The van der Waals surface area contributed by atoms with Gasteiger partial charge in [-0.2, -0.15) is 0 Å². The van der Waals surface area contributed by atoms with Crippen LogP contribution in [0.25, 0.3) is 0 Å². The molecule has 4 heteroatoms. The number of furan rings is 1. The van der Waals surface area contributed by atoms with Crippen LogP contribution in [0.3, 0.4) is 0 Å². The summed E-state index contributed by atoms with van der Waals surface area (Å²) < 4.78 is 11.1. The predicted octanol–water partition coefficient (Wildman–Crippen LogP) is 5.26. The van der Waals surface area contributed by atoms with E-state index in [1.165, 1.54) is 12.8 Å². The van der Waals surface area contributed by atoms with Crippen molar-refractivity contribution in [2.24, 2.45) is 0 Å². The predicted molar refractivity (Wildman–Crippen MR) is 99.5 cm³/mol. The largest absolute Gasteiger partial charge is 0.466 e. The van der Waals surface area contributed by atoms with Gasteiger partial charge in [-0.05, 0) is 43.9 Å². The minimum absolute atomic E-state index is 0.0813. The highest BCUT2D eigenvalue weighted by Crippen LogP contribution is 2.14. The summed E-state index contributed by atoms with van der Waals surface area (Å²) in [6.07, 6.45) is 5.76. The normalized spacial score (nSPS) is 11.9. The van der Waals surface area contributed by atoms with Crippen LogP contribution in [-0.2, 0) is 24.2 Å². The zero-order chi connectivity index (χ0) is 17.9. The molecule has 1 aromatic carbocycles. The highest BCUT2D eigenvalue weighted by Gasteiger charge is 2.09. The molecule has 0 aliphatic heterocycles. The Morgan fingerprint density at radius 2 is 1.76 bits per heavy atom. The maximum absolute atomic E-state index is 11.8. The monoisotopic (exact) mass is 343 g/mol. The minimum Gasteiger partial charge on any atom is -0.466 e. The van der Waals surface area contributed by atoms with Gasteiger partial charge in [-0.15, -0.1) is 0 Å². The molecule has 0 fully saturated rings. The van der Waals surface area contributed by atoms with Crippen LogP contribution >= 0.6 is 0 Å². The van der Waals surface area contributed by atoms with E-state index in [4.69, 9.17) is 9.15 Å². The molecule has 0 aliphatic rings. The van der Waals surface area contributed by atoms with Gasteiger partial charge >= 0.3 is 6.09 Å². The van der Waals surface area contributed by atoms with Crippen LogP contribution < -0.4 is 5.32 Å². The summed E-state index contributed by atoms with van der Waals surface area (Å²) in [4.78, 5) is 11.8. The Balaban J connectivity index is 1.60. The summed E-state index contributed by atoms with van der Waals surface area (Å²) in [5, 5.41) is 2.88. The molecule has 1 aromatic heterocycles. The molecular weight excluding hydrogens is 314 g/mol. The number of benzene rings is 1. The van der Waals surface area contributed by atoms with E-state index in [1.807, 2.05) is 37.3 Å². The van der Waals surface area contributed by atoms with Gasteiger partial charge in [0.05, 0.1) is 0 Å². The second kappa shape index (κ2) is 10.6. The first kappa shape index (κ1) is 19.1. The smallest absolute Gasteiger partial charge is 0.407 e. The van der Waals surface area contributed by atoms with E-state index in [-0.39, 0.29) is 12.1 Å². The molecule has 1 heterocycles. The first-order valence-electron chi connectivity index (χ1n) is 9.22. The van der Waals surface area contributed by atoms with Crippen LogP contribution in [0, 0.1) is 0 Å². The van der Waals surface area contributed by atoms with Crippen LogP contribution in [0.1, 0.15) is 56.6 Å². The third-order valence-corrected chi connectivity index (χ3v) is 4.13. The molecule has 0 unspecified atom stereocenters. The maximum Gasteiger partial charge on any atom is 0.407 e. The number of alkyl carbamates (subject to hydrolysis) is 1. The fourth-order valence-corrected chi connectivity index (χ4v) is 2.66. The first-order valence-corrected chi connectivity index (χ1v) is 9.22. The Morgan fingerprint density at radius 3 is 2.44 bits per heavy atom. The topological polar surface area (TPSA) is 51.5 Å². The number of carbonyl (C=O) groups excluding carboxylic acids is 1. The van der Waals surface area contributed by atoms with E-state index in [9.17, 15) is 4.79 Å². The van der Waals surface area contributed by atoms with Crippen molar-refractivity contribution in [3.8, 4) is 0 Å². The van der Waals surface area contributed by atoms with Gasteiger partial charge < -0.3 is 14.5 Å². The van der Waals surface area contributed by atoms with Crippen molar-refractivity contribution in [2.45, 2.75) is 65.0 Å². The summed E-state index contributed by atoms with van der Waals surface area (Å²) >= 11 is 0. The lowest BCUT2D eigenvalue weighted by atomic mass is 10.1. The average Bonchev–Trinajstić information content (AvgIpc) is 3.07. The third-order valence-electron chi connectivity index (χ3n) is 4.13. The molecule has 0 radical (unpaired) electrons. The number of rotatable bonds is 10. The summed E-state index contributed by atoms with van der Waals surface area (Å²) in [6.45, 7) is 4.48. The number of ether oxygens (including phenoxy) is 1. The zero-order valence-electron chi connectivity index (χ0n) is 15.3. The van der Waals surface area contributed by atoms with Gasteiger partial charge in [-0.25, -0.2) is 4.79 Å².